The van der Waals surface area contributed by atoms with Gasteiger partial charge in [0.05, 0.1) is 18.9 Å². The monoisotopic (exact) mass is 380 g/mol. The molecule has 3 rings (SSSR count). The van der Waals surface area contributed by atoms with Gasteiger partial charge >= 0.3 is 5.97 Å². The van der Waals surface area contributed by atoms with Crippen LogP contribution in [0.15, 0.2) is 60.7 Å². The van der Waals surface area contributed by atoms with Crippen LogP contribution in [0.25, 0.3) is 0 Å². The Morgan fingerprint density at radius 3 is 2.32 bits per heavy atom. The van der Waals surface area contributed by atoms with Crippen molar-refractivity contribution in [1.29, 1.82) is 0 Å². The highest BCUT2D eigenvalue weighted by Crippen LogP contribution is 2.25. The van der Waals surface area contributed by atoms with E-state index in [1.807, 2.05) is 36.4 Å². The Hall–Kier alpha value is -3.15. The standard InChI is InChI=1S/C22H24N2O4/c25-20(24-13-7-12-18(24)14-21(26)27)15-19(16-8-3-1-4-9-16)23-22(28)17-10-5-2-6-11-17/h1-6,8-11,18-19H,7,12-15H2,(H,23,28)(H,26,27). The number of aliphatic carboxylic acids is 1. The summed E-state index contributed by atoms with van der Waals surface area (Å²) in [5, 5.41) is 12.0. The van der Waals surface area contributed by atoms with Gasteiger partial charge in [-0.15, -0.1) is 0 Å². The van der Waals surface area contributed by atoms with Crippen LogP contribution in [0.2, 0.25) is 0 Å². The number of nitrogens with zero attached hydrogens (tertiary/aromatic N) is 1. The van der Waals surface area contributed by atoms with Gasteiger partial charge in [0, 0.05) is 18.2 Å². The van der Waals surface area contributed by atoms with Crippen molar-refractivity contribution in [3.8, 4) is 0 Å². The summed E-state index contributed by atoms with van der Waals surface area (Å²) in [6.07, 6.45) is 1.55. The van der Waals surface area contributed by atoms with Crippen LogP contribution in [0.3, 0.4) is 0 Å². The van der Waals surface area contributed by atoms with E-state index in [1.54, 1.807) is 29.2 Å². The lowest BCUT2D eigenvalue weighted by atomic mass is 10.0. The van der Waals surface area contributed by atoms with E-state index >= 15 is 0 Å². The van der Waals surface area contributed by atoms with Gasteiger partial charge in [-0.2, -0.15) is 0 Å². The maximum Gasteiger partial charge on any atom is 0.305 e. The highest BCUT2D eigenvalue weighted by molar-refractivity contribution is 5.94. The second-order valence-corrected chi connectivity index (χ2v) is 6.99. The second-order valence-electron chi connectivity index (χ2n) is 6.99. The maximum atomic E-state index is 12.9. The van der Waals surface area contributed by atoms with E-state index < -0.39 is 12.0 Å². The molecule has 1 aliphatic heterocycles. The van der Waals surface area contributed by atoms with Gasteiger partial charge in [-0.1, -0.05) is 48.5 Å². The number of likely N-dealkylation sites (tertiary alicyclic amines) is 1. The maximum absolute atomic E-state index is 12.9. The first-order valence-corrected chi connectivity index (χ1v) is 9.46. The SMILES string of the molecule is O=C(O)CC1CCCN1C(=O)CC(NC(=O)c1ccccc1)c1ccccc1. The molecule has 1 saturated heterocycles. The first kappa shape index (κ1) is 19.6. The number of benzene rings is 2. The van der Waals surface area contributed by atoms with Gasteiger partial charge in [-0.3, -0.25) is 14.4 Å². The Morgan fingerprint density at radius 1 is 1.04 bits per heavy atom. The lowest BCUT2D eigenvalue weighted by molar-refractivity contribution is -0.140. The molecule has 2 atom stereocenters. The highest BCUT2D eigenvalue weighted by Gasteiger charge is 2.32. The Balaban J connectivity index is 1.75. The van der Waals surface area contributed by atoms with E-state index in [0.717, 1.165) is 12.0 Å². The normalized spacial score (nSPS) is 17.1. The van der Waals surface area contributed by atoms with E-state index in [1.165, 1.54) is 0 Å². The molecule has 0 aromatic heterocycles. The first-order chi connectivity index (χ1) is 13.5. The van der Waals surface area contributed by atoms with Crippen molar-refractivity contribution in [2.45, 2.75) is 37.8 Å². The third kappa shape index (κ3) is 4.97. The molecule has 1 aliphatic rings. The molecule has 0 saturated carbocycles. The van der Waals surface area contributed by atoms with Gasteiger partial charge in [0.15, 0.2) is 0 Å². The number of carboxylic acid groups (broad SMARTS) is 1. The molecule has 2 aromatic carbocycles. The summed E-state index contributed by atoms with van der Waals surface area (Å²) in [6.45, 7) is 0.560. The molecule has 146 valence electrons. The van der Waals surface area contributed by atoms with Crippen molar-refractivity contribution < 1.29 is 19.5 Å². The van der Waals surface area contributed by atoms with Gasteiger partial charge < -0.3 is 15.3 Å². The number of amides is 2. The quantitative estimate of drug-likeness (QED) is 0.773. The molecule has 2 aromatic rings. The minimum absolute atomic E-state index is 0.0435. The molecule has 0 aliphatic carbocycles. The van der Waals surface area contributed by atoms with Crippen molar-refractivity contribution in [3.05, 3.63) is 71.8 Å². The fourth-order valence-corrected chi connectivity index (χ4v) is 3.64. The van der Waals surface area contributed by atoms with E-state index in [0.29, 0.717) is 18.5 Å². The summed E-state index contributed by atoms with van der Waals surface area (Å²) in [5.74, 6) is -1.28. The summed E-state index contributed by atoms with van der Waals surface area (Å²) in [7, 11) is 0. The van der Waals surface area contributed by atoms with Gasteiger partial charge in [-0.05, 0) is 30.5 Å². The van der Waals surface area contributed by atoms with Crippen LogP contribution in [-0.2, 0) is 9.59 Å². The van der Waals surface area contributed by atoms with Crippen LogP contribution in [-0.4, -0.2) is 40.4 Å². The molecule has 6 heteroatoms. The van der Waals surface area contributed by atoms with E-state index in [2.05, 4.69) is 5.32 Å². The number of carbonyl (C=O) groups is 3. The average Bonchev–Trinajstić information content (AvgIpc) is 3.16. The number of nitrogens with one attached hydrogen (secondary N) is 1. The Labute approximate surface area is 164 Å². The number of hydrogen-bond donors (Lipinski definition) is 2. The summed E-state index contributed by atoms with van der Waals surface area (Å²) in [6, 6.07) is 17.5. The van der Waals surface area contributed by atoms with Gasteiger partial charge in [-0.25, -0.2) is 0 Å². The molecule has 2 amide bonds. The molecule has 0 bridgehead atoms. The highest BCUT2D eigenvalue weighted by atomic mass is 16.4. The van der Waals surface area contributed by atoms with Crippen LogP contribution in [0.4, 0.5) is 0 Å². The van der Waals surface area contributed by atoms with E-state index in [9.17, 15) is 14.4 Å². The van der Waals surface area contributed by atoms with Crippen LogP contribution in [0.1, 0.15) is 47.6 Å². The van der Waals surface area contributed by atoms with Crippen molar-refractivity contribution in [2.75, 3.05) is 6.54 Å². The van der Waals surface area contributed by atoms with Gasteiger partial charge in [0.1, 0.15) is 0 Å². The van der Waals surface area contributed by atoms with Crippen LogP contribution in [0, 0.1) is 0 Å². The Kier molecular flexibility index (Phi) is 6.42. The zero-order valence-corrected chi connectivity index (χ0v) is 15.6. The van der Waals surface area contributed by atoms with Crippen molar-refractivity contribution in [3.63, 3.8) is 0 Å². The molecule has 6 nitrogen and oxygen atoms in total. The summed E-state index contributed by atoms with van der Waals surface area (Å²) in [4.78, 5) is 38.3. The Bertz CT molecular complexity index is 823. The molecule has 0 spiro atoms. The zero-order valence-electron chi connectivity index (χ0n) is 15.6. The van der Waals surface area contributed by atoms with Crippen molar-refractivity contribution >= 4 is 17.8 Å². The van der Waals surface area contributed by atoms with Crippen molar-refractivity contribution in [1.82, 2.24) is 10.2 Å². The lowest BCUT2D eigenvalue weighted by Gasteiger charge is -2.26. The third-order valence-corrected chi connectivity index (χ3v) is 5.03. The van der Waals surface area contributed by atoms with E-state index in [-0.39, 0.29) is 30.7 Å². The van der Waals surface area contributed by atoms with Crippen molar-refractivity contribution in [2.24, 2.45) is 0 Å². The second kappa shape index (κ2) is 9.17. The molecule has 28 heavy (non-hydrogen) atoms. The first-order valence-electron chi connectivity index (χ1n) is 9.46. The smallest absolute Gasteiger partial charge is 0.305 e. The molecule has 0 radical (unpaired) electrons. The van der Waals surface area contributed by atoms with Crippen LogP contribution in [0.5, 0.6) is 0 Å². The fraction of sp³-hybridized carbons (Fsp3) is 0.318. The number of rotatable bonds is 7. The van der Waals surface area contributed by atoms with Gasteiger partial charge in [0.2, 0.25) is 5.91 Å². The van der Waals surface area contributed by atoms with Crippen LogP contribution >= 0.6 is 0 Å². The average molecular weight is 380 g/mol. The lowest BCUT2D eigenvalue weighted by Crippen LogP contribution is -2.40. The third-order valence-electron chi connectivity index (χ3n) is 5.03. The summed E-state index contributed by atoms with van der Waals surface area (Å²) in [5.41, 5.74) is 1.37. The molecule has 2 N–H and O–H groups in total. The molecule has 2 unspecified atom stereocenters. The minimum atomic E-state index is -0.901. The molecule has 1 fully saturated rings. The minimum Gasteiger partial charge on any atom is -0.481 e. The predicted molar refractivity (Wildman–Crippen MR) is 105 cm³/mol. The fourth-order valence-electron chi connectivity index (χ4n) is 3.64. The number of hydrogen-bond acceptors (Lipinski definition) is 3. The predicted octanol–water partition coefficient (Wildman–Crippen LogP) is 3.01. The molecule has 1 heterocycles. The molecular formula is C22H24N2O4. The van der Waals surface area contributed by atoms with Gasteiger partial charge in [0.25, 0.3) is 5.91 Å². The molecular weight excluding hydrogens is 356 g/mol. The Morgan fingerprint density at radius 2 is 1.68 bits per heavy atom. The topological polar surface area (TPSA) is 86.7 Å². The number of carboxylic acids is 1. The summed E-state index contributed by atoms with van der Waals surface area (Å²) >= 11 is 0. The van der Waals surface area contributed by atoms with E-state index in [4.69, 9.17) is 5.11 Å². The zero-order chi connectivity index (χ0) is 19.9. The number of carbonyl (C=O) groups excluding carboxylic acids is 2. The van der Waals surface area contributed by atoms with Crippen LogP contribution < -0.4 is 5.32 Å². The summed E-state index contributed by atoms with van der Waals surface area (Å²) < 4.78 is 0. The largest absolute Gasteiger partial charge is 0.481 e.